The number of ketones is 1. The Morgan fingerprint density at radius 2 is 1.78 bits per heavy atom. The van der Waals surface area contributed by atoms with Crippen molar-refractivity contribution < 1.29 is 13.2 Å². The van der Waals surface area contributed by atoms with Crippen LogP contribution >= 0.6 is 0 Å². The lowest BCUT2D eigenvalue weighted by molar-refractivity contribution is 0.103. The van der Waals surface area contributed by atoms with Crippen molar-refractivity contribution in [2.45, 2.75) is 4.90 Å². The minimum Gasteiger partial charge on any atom is -0.288 e. The third-order valence-electron chi connectivity index (χ3n) is 2.35. The van der Waals surface area contributed by atoms with E-state index >= 15 is 0 Å². The Labute approximate surface area is 104 Å². The number of sulfone groups is 1. The van der Waals surface area contributed by atoms with Crippen LogP contribution in [0.4, 0.5) is 0 Å². The molecule has 0 saturated carbocycles. The van der Waals surface area contributed by atoms with Gasteiger partial charge in [0.2, 0.25) is 0 Å². The van der Waals surface area contributed by atoms with Crippen molar-refractivity contribution in [1.82, 2.24) is 9.97 Å². The van der Waals surface area contributed by atoms with Crippen LogP contribution in [0.25, 0.3) is 0 Å². The summed E-state index contributed by atoms with van der Waals surface area (Å²) in [6.45, 7) is 0. The SMILES string of the molecule is CS(=O)(=O)c1cccc(C(=O)c2cncnc2)c1. The zero-order valence-corrected chi connectivity index (χ0v) is 10.4. The normalized spacial score (nSPS) is 11.2. The highest BCUT2D eigenvalue weighted by atomic mass is 32.2. The van der Waals surface area contributed by atoms with Gasteiger partial charge >= 0.3 is 0 Å². The van der Waals surface area contributed by atoms with Gasteiger partial charge in [0.25, 0.3) is 0 Å². The van der Waals surface area contributed by atoms with Gasteiger partial charge in [-0.25, -0.2) is 18.4 Å². The smallest absolute Gasteiger partial charge is 0.196 e. The molecule has 1 aromatic carbocycles. The average molecular weight is 262 g/mol. The summed E-state index contributed by atoms with van der Waals surface area (Å²) in [6.07, 6.45) is 5.21. The molecule has 0 atom stereocenters. The molecule has 0 aliphatic carbocycles. The van der Waals surface area contributed by atoms with Crippen molar-refractivity contribution in [3.8, 4) is 0 Å². The molecule has 0 saturated heterocycles. The number of hydrogen-bond acceptors (Lipinski definition) is 5. The molecule has 0 fully saturated rings. The maximum atomic E-state index is 12.1. The van der Waals surface area contributed by atoms with E-state index in [1.54, 1.807) is 6.07 Å². The summed E-state index contributed by atoms with van der Waals surface area (Å²) in [7, 11) is -3.32. The van der Waals surface area contributed by atoms with Gasteiger partial charge in [-0.1, -0.05) is 12.1 Å². The van der Waals surface area contributed by atoms with Crippen molar-refractivity contribution in [3.63, 3.8) is 0 Å². The number of benzene rings is 1. The van der Waals surface area contributed by atoms with Gasteiger partial charge in [-0.3, -0.25) is 4.79 Å². The Morgan fingerprint density at radius 1 is 1.11 bits per heavy atom. The van der Waals surface area contributed by atoms with Gasteiger partial charge in [0.1, 0.15) is 6.33 Å². The third kappa shape index (κ3) is 2.60. The molecule has 2 rings (SSSR count). The number of carbonyl (C=O) groups is 1. The predicted octanol–water partition coefficient (Wildman–Crippen LogP) is 1.11. The molecule has 0 unspecified atom stereocenters. The Balaban J connectivity index is 2.44. The summed E-state index contributed by atoms with van der Waals surface area (Å²) < 4.78 is 22.8. The average Bonchev–Trinajstić information content (AvgIpc) is 2.38. The predicted molar refractivity (Wildman–Crippen MR) is 65.0 cm³/mol. The second-order valence-corrected chi connectivity index (χ2v) is 5.77. The number of nitrogens with zero attached hydrogens (tertiary/aromatic N) is 2. The molecule has 0 bridgehead atoms. The van der Waals surface area contributed by atoms with Crippen molar-refractivity contribution >= 4 is 15.6 Å². The van der Waals surface area contributed by atoms with E-state index in [1.807, 2.05) is 0 Å². The highest BCUT2D eigenvalue weighted by Gasteiger charge is 2.13. The molecule has 0 spiro atoms. The Kier molecular flexibility index (Phi) is 3.20. The van der Waals surface area contributed by atoms with Gasteiger partial charge in [0.15, 0.2) is 15.6 Å². The lowest BCUT2D eigenvalue weighted by Crippen LogP contribution is -2.05. The molecule has 18 heavy (non-hydrogen) atoms. The van der Waals surface area contributed by atoms with Crippen LogP contribution in [0.2, 0.25) is 0 Å². The van der Waals surface area contributed by atoms with E-state index < -0.39 is 9.84 Å². The molecule has 0 radical (unpaired) electrons. The number of carbonyl (C=O) groups excluding carboxylic acids is 1. The van der Waals surface area contributed by atoms with Gasteiger partial charge in [-0.2, -0.15) is 0 Å². The summed E-state index contributed by atoms with van der Waals surface area (Å²) in [5, 5.41) is 0. The second-order valence-electron chi connectivity index (χ2n) is 3.76. The summed E-state index contributed by atoms with van der Waals surface area (Å²) in [6, 6.07) is 5.90. The van der Waals surface area contributed by atoms with Crippen LogP contribution in [-0.2, 0) is 9.84 Å². The third-order valence-corrected chi connectivity index (χ3v) is 3.46. The minimum absolute atomic E-state index is 0.116. The molecule has 6 heteroatoms. The molecule has 1 heterocycles. The number of rotatable bonds is 3. The van der Waals surface area contributed by atoms with E-state index in [0.717, 1.165) is 6.26 Å². The molecule has 1 aromatic heterocycles. The van der Waals surface area contributed by atoms with E-state index in [4.69, 9.17) is 0 Å². The summed E-state index contributed by atoms with van der Waals surface area (Å²) >= 11 is 0. The molecule has 5 nitrogen and oxygen atoms in total. The quantitative estimate of drug-likeness (QED) is 0.774. The maximum Gasteiger partial charge on any atom is 0.196 e. The molecule has 0 N–H and O–H groups in total. The number of hydrogen-bond donors (Lipinski definition) is 0. The van der Waals surface area contributed by atoms with Crippen LogP contribution in [0, 0.1) is 0 Å². The van der Waals surface area contributed by atoms with Crippen LogP contribution < -0.4 is 0 Å². The zero-order chi connectivity index (χ0) is 13.2. The van der Waals surface area contributed by atoms with E-state index in [1.165, 1.54) is 36.9 Å². The molecular weight excluding hydrogens is 252 g/mol. The first-order chi connectivity index (χ1) is 8.48. The second kappa shape index (κ2) is 4.66. The molecule has 0 aliphatic heterocycles. The Hall–Kier alpha value is -2.08. The maximum absolute atomic E-state index is 12.1. The highest BCUT2D eigenvalue weighted by molar-refractivity contribution is 7.90. The standard InChI is InChI=1S/C12H10N2O3S/c1-18(16,17)11-4-2-3-9(5-11)12(15)10-6-13-8-14-7-10/h2-8H,1H3. The van der Waals surface area contributed by atoms with Gasteiger partial charge in [0, 0.05) is 24.2 Å². The summed E-state index contributed by atoms with van der Waals surface area (Å²) in [4.78, 5) is 19.7. The number of aromatic nitrogens is 2. The molecule has 92 valence electrons. The molecule has 2 aromatic rings. The lowest BCUT2D eigenvalue weighted by atomic mass is 10.1. The molecule has 0 amide bonds. The van der Waals surface area contributed by atoms with Crippen LogP contribution in [0.15, 0.2) is 47.9 Å². The van der Waals surface area contributed by atoms with E-state index in [0.29, 0.717) is 11.1 Å². The van der Waals surface area contributed by atoms with E-state index in [9.17, 15) is 13.2 Å². The van der Waals surface area contributed by atoms with E-state index in [-0.39, 0.29) is 10.7 Å². The Morgan fingerprint density at radius 3 is 2.39 bits per heavy atom. The first kappa shape index (κ1) is 12.4. The fraction of sp³-hybridized carbons (Fsp3) is 0.0833. The zero-order valence-electron chi connectivity index (χ0n) is 9.57. The lowest BCUT2D eigenvalue weighted by Gasteiger charge is -2.02. The van der Waals surface area contributed by atoms with Crippen LogP contribution in [0.3, 0.4) is 0 Å². The summed E-state index contributed by atoms with van der Waals surface area (Å²) in [5.41, 5.74) is 0.621. The first-order valence-corrected chi connectivity index (χ1v) is 6.97. The first-order valence-electron chi connectivity index (χ1n) is 5.08. The van der Waals surface area contributed by atoms with Gasteiger partial charge in [0.05, 0.1) is 10.5 Å². The largest absolute Gasteiger partial charge is 0.288 e. The summed E-state index contributed by atoms with van der Waals surface area (Å²) in [5.74, 6) is -0.305. The van der Waals surface area contributed by atoms with E-state index in [2.05, 4.69) is 9.97 Å². The monoisotopic (exact) mass is 262 g/mol. The van der Waals surface area contributed by atoms with Crippen molar-refractivity contribution in [2.75, 3.05) is 6.26 Å². The van der Waals surface area contributed by atoms with Crippen LogP contribution in [0.5, 0.6) is 0 Å². The molecular formula is C12H10N2O3S. The van der Waals surface area contributed by atoms with Crippen LogP contribution in [0.1, 0.15) is 15.9 Å². The fourth-order valence-corrected chi connectivity index (χ4v) is 2.12. The van der Waals surface area contributed by atoms with Gasteiger partial charge in [-0.15, -0.1) is 0 Å². The Bertz CT molecular complexity index is 681. The van der Waals surface area contributed by atoms with Crippen molar-refractivity contribution in [3.05, 3.63) is 54.1 Å². The topological polar surface area (TPSA) is 77.0 Å². The highest BCUT2D eigenvalue weighted by Crippen LogP contribution is 2.14. The van der Waals surface area contributed by atoms with Crippen LogP contribution in [-0.4, -0.2) is 30.4 Å². The molecule has 0 aliphatic rings. The van der Waals surface area contributed by atoms with Gasteiger partial charge in [-0.05, 0) is 12.1 Å². The van der Waals surface area contributed by atoms with Crippen molar-refractivity contribution in [1.29, 1.82) is 0 Å². The van der Waals surface area contributed by atoms with Gasteiger partial charge < -0.3 is 0 Å². The minimum atomic E-state index is -3.32. The fourth-order valence-electron chi connectivity index (χ4n) is 1.45. The van der Waals surface area contributed by atoms with Crippen molar-refractivity contribution in [2.24, 2.45) is 0 Å².